The van der Waals surface area contributed by atoms with Crippen molar-refractivity contribution >= 4 is 37.7 Å². The minimum atomic E-state index is -5.12. The van der Waals surface area contributed by atoms with Crippen molar-refractivity contribution in [2.75, 3.05) is 7.05 Å². The molecule has 2 aliphatic heterocycles. The van der Waals surface area contributed by atoms with E-state index in [9.17, 15) is 31.0 Å². The number of hydrogen-bond acceptors (Lipinski definition) is 6. The monoisotopic (exact) mass is 544 g/mol. The SMILES string of the molecule is C[N+]1=C(C=CC2=C3Oc4c(cc(S(=O)(=O)O)c(O)c4S(=O)(=O)O)C=C3CCC2)C(C)(C)c2ccccc21. The van der Waals surface area contributed by atoms with Gasteiger partial charge in [-0.2, -0.15) is 21.4 Å². The molecule has 5 rings (SSSR count). The van der Waals surface area contributed by atoms with Crippen molar-refractivity contribution in [2.45, 2.75) is 48.3 Å². The quantitative estimate of drug-likeness (QED) is 0.381. The van der Waals surface area contributed by atoms with Crippen LogP contribution >= 0.6 is 0 Å². The number of allylic oxidation sites excluding steroid dienone is 4. The molecule has 2 aromatic rings. The first kappa shape index (κ1) is 25.4. The van der Waals surface area contributed by atoms with Gasteiger partial charge in [-0.25, -0.2) is 0 Å². The van der Waals surface area contributed by atoms with Crippen LogP contribution < -0.4 is 4.74 Å². The van der Waals surface area contributed by atoms with Gasteiger partial charge in [0.1, 0.15) is 17.7 Å². The van der Waals surface area contributed by atoms with Gasteiger partial charge in [0.25, 0.3) is 10.1 Å². The van der Waals surface area contributed by atoms with Crippen molar-refractivity contribution in [2.24, 2.45) is 0 Å². The van der Waals surface area contributed by atoms with Crippen molar-refractivity contribution in [1.29, 1.82) is 0 Å². The number of fused-ring (bicyclic) bond motifs is 3. The van der Waals surface area contributed by atoms with Crippen LogP contribution in [0.4, 0.5) is 5.69 Å². The predicted octanol–water partition coefficient (Wildman–Crippen LogP) is 4.36. The Morgan fingerprint density at radius 2 is 1.73 bits per heavy atom. The van der Waals surface area contributed by atoms with E-state index >= 15 is 0 Å². The molecule has 0 saturated heterocycles. The standard InChI is InChI=1S/C26H25NO8S2/c1-26(2)18-9-4-5-10-19(18)27(3)21(26)12-11-15-7-6-8-16-13-17-14-20(36(29,30)31)22(28)25(37(32,33)34)24(17)35-23(15)16/h4-5,9-14H,6-8H2,1-3H3,(H2,29,30,31,32,33,34)/p+1. The van der Waals surface area contributed by atoms with Crippen molar-refractivity contribution in [3.8, 4) is 11.5 Å². The van der Waals surface area contributed by atoms with Gasteiger partial charge < -0.3 is 9.84 Å². The molecule has 0 fully saturated rings. The summed E-state index contributed by atoms with van der Waals surface area (Å²) < 4.78 is 75.2. The average molecular weight is 545 g/mol. The first-order valence-corrected chi connectivity index (χ1v) is 14.4. The van der Waals surface area contributed by atoms with E-state index in [0.717, 1.165) is 29.5 Å². The molecular formula is C26H26NO8S2+. The van der Waals surface area contributed by atoms with Crippen LogP contribution in [0, 0.1) is 0 Å². The summed E-state index contributed by atoms with van der Waals surface area (Å²) in [6.45, 7) is 4.28. The van der Waals surface area contributed by atoms with Crippen molar-refractivity contribution in [1.82, 2.24) is 0 Å². The van der Waals surface area contributed by atoms with Gasteiger partial charge in [0.2, 0.25) is 5.69 Å². The summed E-state index contributed by atoms with van der Waals surface area (Å²) in [5, 5.41) is 10.4. The Morgan fingerprint density at radius 1 is 1.03 bits per heavy atom. The van der Waals surface area contributed by atoms with Crippen LogP contribution in [0.15, 0.2) is 69.2 Å². The van der Waals surface area contributed by atoms with Crippen LogP contribution in [0.2, 0.25) is 0 Å². The van der Waals surface area contributed by atoms with E-state index in [4.69, 9.17) is 4.74 Å². The fourth-order valence-corrected chi connectivity index (χ4v) is 6.81. The van der Waals surface area contributed by atoms with Gasteiger partial charge in [0.05, 0.1) is 5.41 Å². The third-order valence-corrected chi connectivity index (χ3v) is 8.89. The van der Waals surface area contributed by atoms with Crippen LogP contribution in [0.25, 0.3) is 6.08 Å². The third kappa shape index (κ3) is 4.11. The zero-order valence-corrected chi connectivity index (χ0v) is 22.0. The van der Waals surface area contributed by atoms with E-state index in [-0.39, 0.29) is 11.0 Å². The molecule has 0 saturated carbocycles. The zero-order valence-electron chi connectivity index (χ0n) is 20.4. The summed E-state index contributed by atoms with van der Waals surface area (Å²) in [6.07, 6.45) is 7.48. The lowest BCUT2D eigenvalue weighted by atomic mass is 9.81. The molecule has 3 N–H and O–H groups in total. The molecule has 3 aliphatic rings. The van der Waals surface area contributed by atoms with E-state index in [0.29, 0.717) is 24.2 Å². The lowest BCUT2D eigenvalue weighted by molar-refractivity contribution is -0.401. The van der Waals surface area contributed by atoms with Crippen LogP contribution in [0.5, 0.6) is 11.5 Å². The molecule has 0 unspecified atom stereocenters. The number of phenolic OH excluding ortho intramolecular Hbond substituents is 1. The average Bonchev–Trinajstić information content (AvgIpc) is 2.99. The molecule has 0 aromatic heterocycles. The van der Waals surface area contributed by atoms with Gasteiger partial charge in [-0.3, -0.25) is 9.11 Å². The summed E-state index contributed by atoms with van der Waals surface area (Å²) in [7, 11) is -8.11. The summed E-state index contributed by atoms with van der Waals surface area (Å²) in [6, 6.07) is 9.08. The van der Waals surface area contributed by atoms with Gasteiger partial charge in [0, 0.05) is 23.3 Å². The Labute approximate surface area is 215 Å². The van der Waals surface area contributed by atoms with Gasteiger partial charge >= 0.3 is 10.1 Å². The van der Waals surface area contributed by atoms with Gasteiger partial charge in [0.15, 0.2) is 22.1 Å². The minimum Gasteiger partial charge on any atom is -0.505 e. The molecule has 0 radical (unpaired) electrons. The normalized spacial score (nSPS) is 18.9. The highest BCUT2D eigenvalue weighted by Crippen LogP contribution is 2.47. The maximum absolute atomic E-state index is 12.1. The van der Waals surface area contributed by atoms with E-state index in [1.54, 1.807) is 6.08 Å². The van der Waals surface area contributed by atoms with Gasteiger partial charge in [-0.1, -0.05) is 18.2 Å². The Morgan fingerprint density at radius 3 is 2.38 bits per heavy atom. The Bertz CT molecular complexity index is 1710. The van der Waals surface area contributed by atoms with Crippen LogP contribution in [0.3, 0.4) is 0 Å². The Balaban J connectivity index is 1.65. The number of benzene rings is 2. The number of nitrogens with zero attached hydrogens (tertiary/aromatic N) is 1. The maximum Gasteiger partial charge on any atom is 0.302 e. The molecule has 0 amide bonds. The number of hydrogen-bond donors (Lipinski definition) is 3. The van der Waals surface area contributed by atoms with E-state index < -0.39 is 41.5 Å². The Kier molecular flexibility index (Phi) is 5.76. The number of ether oxygens (including phenoxy) is 1. The third-order valence-electron chi connectivity index (χ3n) is 7.13. The van der Waals surface area contributed by atoms with E-state index in [1.807, 2.05) is 31.3 Å². The molecule has 0 spiro atoms. The van der Waals surface area contributed by atoms with Crippen molar-refractivity contribution in [3.63, 3.8) is 0 Å². The summed E-state index contributed by atoms with van der Waals surface area (Å²) in [5.74, 6) is -1.33. The summed E-state index contributed by atoms with van der Waals surface area (Å²) in [4.78, 5) is -2.15. The van der Waals surface area contributed by atoms with Crippen LogP contribution in [0.1, 0.15) is 44.2 Å². The second kappa shape index (κ2) is 8.38. The van der Waals surface area contributed by atoms with Crippen molar-refractivity contribution in [3.05, 3.63) is 70.5 Å². The lowest BCUT2D eigenvalue weighted by Gasteiger charge is -2.28. The zero-order chi connectivity index (χ0) is 26.9. The second-order valence-corrected chi connectivity index (χ2v) is 12.6. The first-order chi connectivity index (χ1) is 17.2. The van der Waals surface area contributed by atoms with Gasteiger partial charge in [-0.05, 0) is 62.5 Å². The summed E-state index contributed by atoms with van der Waals surface area (Å²) >= 11 is 0. The molecule has 37 heavy (non-hydrogen) atoms. The van der Waals surface area contributed by atoms with Crippen LogP contribution in [-0.4, -0.2) is 48.4 Å². The largest absolute Gasteiger partial charge is 0.505 e. The van der Waals surface area contributed by atoms with Crippen molar-refractivity contribution < 1.29 is 40.4 Å². The fourth-order valence-electron chi connectivity index (χ4n) is 5.38. The molecule has 2 heterocycles. The van der Waals surface area contributed by atoms with E-state index in [1.165, 1.54) is 5.56 Å². The lowest BCUT2D eigenvalue weighted by Crippen LogP contribution is -2.26. The van der Waals surface area contributed by atoms with Crippen LogP contribution in [-0.2, 0) is 25.7 Å². The number of phenols is 1. The first-order valence-electron chi connectivity index (χ1n) is 11.6. The highest BCUT2D eigenvalue weighted by molar-refractivity contribution is 7.87. The molecule has 11 heteroatoms. The maximum atomic E-state index is 12.1. The highest BCUT2D eigenvalue weighted by Gasteiger charge is 2.42. The number of rotatable bonds is 4. The summed E-state index contributed by atoms with van der Waals surface area (Å²) in [5.41, 5.74) is 4.61. The molecule has 0 bridgehead atoms. The number of para-hydroxylation sites is 1. The molecule has 2 aromatic carbocycles. The fraction of sp³-hybridized carbons (Fsp3) is 0.269. The van der Waals surface area contributed by atoms with Gasteiger partial charge in [-0.15, -0.1) is 0 Å². The minimum absolute atomic E-state index is 0.00325. The highest BCUT2D eigenvalue weighted by atomic mass is 32.2. The molecular weight excluding hydrogens is 518 g/mol. The molecule has 1 aliphatic carbocycles. The smallest absolute Gasteiger partial charge is 0.302 e. The molecule has 194 valence electrons. The second-order valence-electron chi connectivity index (χ2n) is 9.82. The molecule has 9 nitrogen and oxygen atoms in total. The Hall–Kier alpha value is -3.25. The van der Waals surface area contributed by atoms with E-state index in [2.05, 4.69) is 30.6 Å². The number of aromatic hydroxyl groups is 1. The topological polar surface area (TPSA) is 141 Å². The molecule has 0 atom stereocenters. The predicted molar refractivity (Wildman–Crippen MR) is 137 cm³/mol.